The van der Waals surface area contributed by atoms with Gasteiger partial charge in [-0.25, -0.2) is 0 Å². The Balaban J connectivity index is 1.73. The predicted octanol–water partition coefficient (Wildman–Crippen LogP) is 8.26. The summed E-state index contributed by atoms with van der Waals surface area (Å²) < 4.78 is 0. The third kappa shape index (κ3) is 2.38. The third-order valence-electron chi connectivity index (χ3n) is 7.32. The normalized spacial score (nSPS) is 20.5. The second-order valence-electron chi connectivity index (χ2n) is 8.87. The molecule has 0 heterocycles. The van der Waals surface area contributed by atoms with Gasteiger partial charge in [-0.1, -0.05) is 110 Å². The van der Waals surface area contributed by atoms with Gasteiger partial charge in [0.1, 0.15) is 0 Å². The van der Waals surface area contributed by atoms with Gasteiger partial charge in [0.2, 0.25) is 0 Å². The zero-order valence-corrected chi connectivity index (χ0v) is 18.4. The average molecular weight is 411 g/mol. The molecule has 32 heavy (non-hydrogen) atoms. The van der Waals surface area contributed by atoms with Crippen molar-refractivity contribution < 1.29 is 0 Å². The molecule has 0 bridgehead atoms. The fourth-order valence-corrected chi connectivity index (χ4v) is 6.12. The summed E-state index contributed by atoms with van der Waals surface area (Å²) in [6.45, 7) is 6.01. The molecule has 0 fully saturated rings. The highest BCUT2D eigenvalue weighted by Crippen LogP contribution is 2.63. The zero-order valence-electron chi connectivity index (χ0n) is 18.4. The molecule has 0 saturated heterocycles. The highest BCUT2D eigenvalue weighted by molar-refractivity contribution is 5.99. The second kappa shape index (κ2) is 7.21. The van der Waals surface area contributed by atoms with Gasteiger partial charge < -0.3 is 0 Å². The van der Waals surface area contributed by atoms with Crippen LogP contribution < -0.4 is 0 Å². The number of allylic oxidation sites excluding steroid dienone is 9. The smallest absolute Gasteiger partial charge is 0.0722 e. The van der Waals surface area contributed by atoms with Gasteiger partial charge in [0.15, 0.2) is 0 Å². The van der Waals surface area contributed by atoms with Gasteiger partial charge in [0, 0.05) is 0 Å². The van der Waals surface area contributed by atoms with E-state index in [1.165, 1.54) is 55.7 Å². The largest absolute Gasteiger partial charge is 0.0991 e. The zero-order chi connectivity index (χ0) is 21.7. The Morgan fingerprint density at radius 2 is 1.56 bits per heavy atom. The Kier molecular flexibility index (Phi) is 4.30. The monoisotopic (exact) mass is 410 g/mol. The maximum absolute atomic E-state index is 3.80. The van der Waals surface area contributed by atoms with Gasteiger partial charge in [-0.2, -0.15) is 0 Å². The minimum atomic E-state index is -0.220. The fraction of sp³-hybridized carbons (Fsp3) is 0.125. The van der Waals surface area contributed by atoms with Crippen LogP contribution in [0.3, 0.4) is 0 Å². The van der Waals surface area contributed by atoms with Gasteiger partial charge in [-0.05, 0) is 75.4 Å². The van der Waals surface area contributed by atoms with Crippen LogP contribution in [-0.4, -0.2) is 0 Å². The van der Waals surface area contributed by atoms with Crippen LogP contribution >= 0.6 is 0 Å². The SMILES string of the molecule is C=C/C=C\C=C(\C)c1cccc2c1-c1ccccc1C21C2=C(CCC=C2)c2ccccc21. The molecule has 0 aliphatic heterocycles. The quantitative estimate of drug-likeness (QED) is 0.381. The maximum Gasteiger partial charge on any atom is 0.0722 e. The molecule has 0 radical (unpaired) electrons. The number of hydrogen-bond acceptors (Lipinski definition) is 0. The van der Waals surface area contributed by atoms with Gasteiger partial charge in [-0.15, -0.1) is 0 Å². The lowest BCUT2D eigenvalue weighted by molar-refractivity contribution is 0.780. The minimum Gasteiger partial charge on any atom is -0.0991 e. The molecule has 0 aromatic heterocycles. The van der Waals surface area contributed by atoms with Crippen LogP contribution in [0.25, 0.3) is 22.3 Å². The van der Waals surface area contributed by atoms with E-state index in [9.17, 15) is 0 Å². The predicted molar refractivity (Wildman–Crippen MR) is 136 cm³/mol. The van der Waals surface area contributed by atoms with E-state index in [-0.39, 0.29) is 5.41 Å². The molecule has 1 spiro atoms. The van der Waals surface area contributed by atoms with Crippen molar-refractivity contribution in [3.05, 3.63) is 143 Å². The van der Waals surface area contributed by atoms with E-state index >= 15 is 0 Å². The molecule has 0 heteroatoms. The lowest BCUT2D eigenvalue weighted by Crippen LogP contribution is -2.27. The maximum atomic E-state index is 3.80. The van der Waals surface area contributed by atoms with Crippen molar-refractivity contribution >= 4 is 11.1 Å². The van der Waals surface area contributed by atoms with Crippen molar-refractivity contribution in [3.63, 3.8) is 0 Å². The number of rotatable bonds is 3. The van der Waals surface area contributed by atoms with Crippen LogP contribution in [0.1, 0.15) is 47.6 Å². The van der Waals surface area contributed by atoms with E-state index in [4.69, 9.17) is 0 Å². The molecule has 0 saturated carbocycles. The molecule has 3 aromatic rings. The first kappa shape index (κ1) is 19.1. The van der Waals surface area contributed by atoms with Crippen molar-refractivity contribution in [2.24, 2.45) is 0 Å². The lowest BCUT2D eigenvalue weighted by atomic mass is 9.69. The van der Waals surface area contributed by atoms with Gasteiger partial charge >= 0.3 is 0 Å². The molecule has 0 amide bonds. The Morgan fingerprint density at radius 1 is 0.844 bits per heavy atom. The first-order valence-electron chi connectivity index (χ1n) is 11.5. The van der Waals surface area contributed by atoms with Crippen molar-refractivity contribution in [2.75, 3.05) is 0 Å². The summed E-state index contributed by atoms with van der Waals surface area (Å²) in [6, 6.07) is 25.0. The highest BCUT2D eigenvalue weighted by atomic mass is 14.5. The summed E-state index contributed by atoms with van der Waals surface area (Å²) in [5.41, 5.74) is 13.8. The summed E-state index contributed by atoms with van der Waals surface area (Å²) in [5, 5.41) is 0. The summed E-state index contributed by atoms with van der Waals surface area (Å²) >= 11 is 0. The Morgan fingerprint density at radius 3 is 2.38 bits per heavy atom. The average Bonchev–Trinajstić information content (AvgIpc) is 3.32. The molecular weight excluding hydrogens is 384 g/mol. The van der Waals surface area contributed by atoms with Gasteiger partial charge in [-0.3, -0.25) is 0 Å². The summed E-state index contributed by atoms with van der Waals surface area (Å²) in [6.07, 6.45) is 15.1. The Hall–Kier alpha value is -3.64. The number of benzene rings is 3. The summed E-state index contributed by atoms with van der Waals surface area (Å²) in [5.74, 6) is 0. The molecule has 3 aliphatic rings. The number of fused-ring (bicyclic) bond motifs is 9. The van der Waals surface area contributed by atoms with E-state index in [1.807, 2.05) is 12.2 Å². The third-order valence-corrected chi connectivity index (χ3v) is 7.32. The van der Waals surface area contributed by atoms with Crippen molar-refractivity contribution in [1.29, 1.82) is 0 Å². The molecular formula is C32H26. The van der Waals surface area contributed by atoms with Gasteiger partial charge in [0.05, 0.1) is 5.41 Å². The van der Waals surface area contributed by atoms with Crippen LogP contribution in [0, 0.1) is 0 Å². The van der Waals surface area contributed by atoms with Crippen LogP contribution in [0.5, 0.6) is 0 Å². The molecule has 6 rings (SSSR count). The van der Waals surface area contributed by atoms with E-state index in [0.29, 0.717) is 0 Å². The van der Waals surface area contributed by atoms with E-state index in [1.54, 1.807) is 0 Å². The second-order valence-corrected chi connectivity index (χ2v) is 8.87. The van der Waals surface area contributed by atoms with Crippen LogP contribution in [0.4, 0.5) is 0 Å². The first-order chi connectivity index (χ1) is 15.8. The van der Waals surface area contributed by atoms with E-state index < -0.39 is 0 Å². The van der Waals surface area contributed by atoms with Crippen molar-refractivity contribution in [2.45, 2.75) is 25.2 Å². The first-order valence-corrected chi connectivity index (χ1v) is 11.5. The number of hydrogen-bond donors (Lipinski definition) is 0. The lowest BCUT2D eigenvalue weighted by Gasteiger charge is -2.32. The summed E-state index contributed by atoms with van der Waals surface area (Å²) in [7, 11) is 0. The topological polar surface area (TPSA) is 0 Å². The molecule has 3 aliphatic carbocycles. The van der Waals surface area contributed by atoms with Crippen LogP contribution in [-0.2, 0) is 5.41 Å². The fourth-order valence-electron chi connectivity index (χ4n) is 6.12. The molecule has 154 valence electrons. The van der Waals surface area contributed by atoms with Crippen LogP contribution in [0.15, 0.2) is 115 Å². The van der Waals surface area contributed by atoms with Crippen molar-refractivity contribution in [3.8, 4) is 11.1 Å². The Bertz CT molecular complexity index is 1390. The van der Waals surface area contributed by atoms with E-state index in [0.717, 1.165) is 12.8 Å². The van der Waals surface area contributed by atoms with Gasteiger partial charge in [0.25, 0.3) is 0 Å². The molecule has 1 unspecified atom stereocenters. The van der Waals surface area contributed by atoms with Crippen LogP contribution in [0.2, 0.25) is 0 Å². The Labute approximate surface area is 190 Å². The molecule has 0 N–H and O–H groups in total. The summed E-state index contributed by atoms with van der Waals surface area (Å²) in [4.78, 5) is 0. The van der Waals surface area contributed by atoms with Crippen molar-refractivity contribution in [1.82, 2.24) is 0 Å². The van der Waals surface area contributed by atoms with E-state index in [2.05, 4.69) is 105 Å². The minimum absolute atomic E-state index is 0.220. The molecule has 0 nitrogen and oxygen atoms in total. The standard InChI is InChI=1S/C32H26/c1-3-4-5-13-22(2)23-17-12-21-30-31(23)26-16-8-11-20-29(26)32(30)27-18-9-6-14-24(27)25-15-7-10-19-28(25)32/h3-6,8-14,16-21H,1,7,15H2,2H3/b5-4-,22-13-. The molecule has 3 aromatic carbocycles. The highest BCUT2D eigenvalue weighted by Gasteiger charge is 2.52. The molecule has 1 atom stereocenters.